The van der Waals surface area contributed by atoms with Gasteiger partial charge in [0.15, 0.2) is 0 Å². The van der Waals surface area contributed by atoms with Crippen LogP contribution in [0.3, 0.4) is 0 Å². The molecule has 0 rings (SSSR count). The zero-order chi connectivity index (χ0) is 32.7. The second-order valence-electron chi connectivity index (χ2n) is 12.0. The van der Waals surface area contributed by atoms with Gasteiger partial charge in [0.1, 0.15) is 0 Å². The third-order valence-electron chi connectivity index (χ3n) is 7.83. The van der Waals surface area contributed by atoms with E-state index in [1.807, 2.05) is 0 Å². The largest absolute Gasteiger partial charge is 0.478 e. The molecule has 10 nitrogen and oxygen atoms in total. The molecule has 0 spiro atoms. The molecule has 0 saturated heterocycles. The standard InChI is InChI=1S/C34H64N2O8/c1-3-5-7-9-11-13-15-17-19-21-23-25-27-35-33(41)43-29(31(37)38)30(32(39)40)44-34(42)36-28-26-24-22-20-18-16-14-12-10-8-6-4-2/h29-30H,3-28H2,1-2H3,(H,35,41)(H,36,42)(H,37,38)(H,39,40). The first-order chi connectivity index (χ1) is 21.3. The third kappa shape index (κ3) is 25.9. The van der Waals surface area contributed by atoms with Crippen LogP contribution in [0, 0.1) is 0 Å². The van der Waals surface area contributed by atoms with Crippen LogP contribution in [0.5, 0.6) is 0 Å². The maximum atomic E-state index is 12.1. The van der Waals surface area contributed by atoms with Crippen LogP contribution in [0.1, 0.15) is 168 Å². The highest BCUT2D eigenvalue weighted by molar-refractivity contribution is 5.87. The Bertz CT molecular complexity index is 674. The predicted molar refractivity (Wildman–Crippen MR) is 174 cm³/mol. The molecule has 0 aliphatic heterocycles. The minimum atomic E-state index is -2.17. The molecule has 0 bridgehead atoms. The summed E-state index contributed by atoms with van der Waals surface area (Å²) in [6.45, 7) is 5.00. The number of hydrogen-bond acceptors (Lipinski definition) is 6. The van der Waals surface area contributed by atoms with E-state index in [9.17, 15) is 29.4 Å². The Morgan fingerprint density at radius 1 is 0.432 bits per heavy atom. The molecule has 0 fully saturated rings. The minimum absolute atomic E-state index is 0.279. The Morgan fingerprint density at radius 2 is 0.659 bits per heavy atom. The fraction of sp³-hybridized carbons (Fsp3) is 0.882. The van der Waals surface area contributed by atoms with Crippen LogP contribution in [-0.4, -0.2) is 59.6 Å². The van der Waals surface area contributed by atoms with Crippen molar-refractivity contribution in [1.29, 1.82) is 0 Å². The Hall–Kier alpha value is -2.52. The Balaban J connectivity index is 4.07. The van der Waals surface area contributed by atoms with Crippen LogP contribution in [0.25, 0.3) is 0 Å². The number of unbranched alkanes of at least 4 members (excludes halogenated alkanes) is 22. The number of rotatable bonds is 31. The fourth-order valence-electron chi connectivity index (χ4n) is 5.11. The van der Waals surface area contributed by atoms with Crippen molar-refractivity contribution in [2.24, 2.45) is 0 Å². The van der Waals surface area contributed by atoms with E-state index >= 15 is 0 Å². The van der Waals surface area contributed by atoms with Crippen molar-refractivity contribution in [3.8, 4) is 0 Å². The van der Waals surface area contributed by atoms with E-state index in [4.69, 9.17) is 9.47 Å². The minimum Gasteiger partial charge on any atom is -0.478 e. The maximum Gasteiger partial charge on any atom is 0.408 e. The van der Waals surface area contributed by atoms with Crippen molar-refractivity contribution >= 4 is 24.1 Å². The molecule has 4 N–H and O–H groups in total. The van der Waals surface area contributed by atoms with Gasteiger partial charge in [0.05, 0.1) is 0 Å². The van der Waals surface area contributed by atoms with Crippen LogP contribution in [-0.2, 0) is 19.1 Å². The van der Waals surface area contributed by atoms with Gasteiger partial charge in [-0.3, -0.25) is 0 Å². The van der Waals surface area contributed by atoms with E-state index in [2.05, 4.69) is 24.5 Å². The summed E-state index contributed by atoms with van der Waals surface area (Å²) in [6, 6.07) is 0. The SMILES string of the molecule is CCCCCCCCCCCCCCNC(=O)OC(C(=O)O)C(OC(=O)NCCCCCCCCCCCCCC)C(=O)O. The molecule has 0 aromatic carbocycles. The lowest BCUT2D eigenvalue weighted by molar-refractivity contribution is -0.166. The molecule has 10 heteroatoms. The Morgan fingerprint density at radius 3 is 0.886 bits per heavy atom. The first-order valence-electron chi connectivity index (χ1n) is 17.7. The lowest BCUT2D eigenvalue weighted by Crippen LogP contribution is -2.48. The van der Waals surface area contributed by atoms with Gasteiger partial charge in [-0.15, -0.1) is 0 Å². The number of carbonyl (C=O) groups excluding carboxylic acids is 2. The second-order valence-corrected chi connectivity index (χ2v) is 12.0. The summed E-state index contributed by atoms with van der Waals surface area (Å²) in [4.78, 5) is 47.6. The summed E-state index contributed by atoms with van der Waals surface area (Å²) < 4.78 is 9.66. The molecule has 2 amide bonds. The third-order valence-corrected chi connectivity index (χ3v) is 7.83. The summed E-state index contributed by atoms with van der Waals surface area (Å²) in [6.07, 6.45) is 21.7. The molecular formula is C34H64N2O8. The predicted octanol–water partition coefficient (Wildman–Crippen LogP) is 8.75. The van der Waals surface area contributed by atoms with Crippen molar-refractivity contribution in [2.75, 3.05) is 13.1 Å². The van der Waals surface area contributed by atoms with Crippen molar-refractivity contribution < 1.29 is 38.9 Å². The molecule has 0 aliphatic rings. The Kier molecular flexibility index (Phi) is 28.8. The van der Waals surface area contributed by atoms with Crippen molar-refractivity contribution in [1.82, 2.24) is 10.6 Å². The molecule has 258 valence electrons. The fourth-order valence-corrected chi connectivity index (χ4v) is 5.11. The highest BCUT2D eigenvalue weighted by Crippen LogP contribution is 2.13. The van der Waals surface area contributed by atoms with Gasteiger partial charge in [-0.25, -0.2) is 19.2 Å². The van der Waals surface area contributed by atoms with E-state index in [1.165, 1.54) is 103 Å². The van der Waals surface area contributed by atoms with Crippen LogP contribution >= 0.6 is 0 Å². The maximum absolute atomic E-state index is 12.1. The zero-order valence-electron chi connectivity index (χ0n) is 27.9. The molecule has 0 saturated carbocycles. The summed E-state index contributed by atoms with van der Waals surface area (Å²) >= 11 is 0. The number of nitrogens with one attached hydrogen (secondary N) is 2. The number of alkyl carbamates (subject to hydrolysis) is 2. The smallest absolute Gasteiger partial charge is 0.408 e. The lowest BCUT2D eigenvalue weighted by Gasteiger charge is -2.21. The molecule has 0 aromatic heterocycles. The van der Waals surface area contributed by atoms with Crippen molar-refractivity contribution in [3.63, 3.8) is 0 Å². The summed E-state index contributed by atoms with van der Waals surface area (Å²) in [5.41, 5.74) is 0. The Labute approximate surface area is 266 Å². The van der Waals surface area contributed by atoms with E-state index in [1.54, 1.807) is 0 Å². The van der Waals surface area contributed by atoms with Gasteiger partial charge in [-0.1, -0.05) is 155 Å². The van der Waals surface area contributed by atoms with E-state index < -0.39 is 36.3 Å². The molecule has 2 atom stereocenters. The average Bonchev–Trinajstić information content (AvgIpc) is 2.99. The first kappa shape index (κ1) is 41.5. The van der Waals surface area contributed by atoms with Gasteiger partial charge in [-0.05, 0) is 12.8 Å². The molecule has 2 unspecified atom stereocenters. The van der Waals surface area contributed by atoms with Gasteiger partial charge >= 0.3 is 24.1 Å². The molecule has 0 aromatic rings. The molecule has 0 heterocycles. The quantitative estimate of drug-likeness (QED) is 0.0556. The van der Waals surface area contributed by atoms with E-state index in [0.717, 1.165) is 38.5 Å². The van der Waals surface area contributed by atoms with Gasteiger partial charge in [0, 0.05) is 13.1 Å². The number of aliphatic carboxylic acids is 2. The normalized spacial score (nSPS) is 12.3. The highest BCUT2D eigenvalue weighted by Gasteiger charge is 2.40. The van der Waals surface area contributed by atoms with Crippen molar-refractivity contribution in [2.45, 2.75) is 180 Å². The molecule has 0 aliphatic carbocycles. The van der Waals surface area contributed by atoms with Crippen molar-refractivity contribution in [3.05, 3.63) is 0 Å². The molecule has 44 heavy (non-hydrogen) atoms. The van der Waals surface area contributed by atoms with Crippen LogP contribution in [0.4, 0.5) is 9.59 Å². The zero-order valence-corrected chi connectivity index (χ0v) is 27.9. The van der Waals surface area contributed by atoms with Gasteiger partial charge in [-0.2, -0.15) is 0 Å². The first-order valence-corrected chi connectivity index (χ1v) is 17.7. The number of carbonyl (C=O) groups is 4. The average molecular weight is 629 g/mol. The van der Waals surface area contributed by atoms with Gasteiger partial charge in [0.2, 0.25) is 12.2 Å². The van der Waals surface area contributed by atoms with Crippen LogP contribution < -0.4 is 10.6 Å². The van der Waals surface area contributed by atoms with E-state index in [0.29, 0.717) is 12.8 Å². The summed E-state index contributed by atoms with van der Waals surface area (Å²) in [7, 11) is 0. The molecular weight excluding hydrogens is 564 g/mol. The number of hydrogen-bond donors (Lipinski definition) is 4. The summed E-state index contributed by atoms with van der Waals surface area (Å²) in [5.74, 6) is -3.43. The highest BCUT2D eigenvalue weighted by atomic mass is 16.6. The van der Waals surface area contributed by atoms with Crippen LogP contribution in [0.15, 0.2) is 0 Å². The lowest BCUT2D eigenvalue weighted by atomic mass is 10.1. The van der Waals surface area contributed by atoms with Gasteiger partial charge < -0.3 is 30.3 Å². The van der Waals surface area contributed by atoms with Gasteiger partial charge in [0.25, 0.3) is 0 Å². The number of amides is 2. The number of carboxylic acid groups (broad SMARTS) is 2. The second kappa shape index (κ2) is 30.5. The number of ether oxygens (including phenoxy) is 2. The van der Waals surface area contributed by atoms with E-state index in [-0.39, 0.29) is 13.1 Å². The number of carboxylic acids is 2. The summed E-state index contributed by atoms with van der Waals surface area (Å²) in [5, 5.41) is 23.8. The topological polar surface area (TPSA) is 151 Å². The molecule has 0 radical (unpaired) electrons. The monoisotopic (exact) mass is 628 g/mol. The van der Waals surface area contributed by atoms with Crippen LogP contribution in [0.2, 0.25) is 0 Å².